The van der Waals surface area contributed by atoms with Gasteiger partial charge in [0.25, 0.3) is 5.91 Å². The minimum absolute atomic E-state index is 0.0375. The first-order valence-corrected chi connectivity index (χ1v) is 6.54. The average Bonchev–Trinajstić information content (AvgIpc) is 2.94. The number of nitrogens with two attached hydrogens (primary N) is 1. The molecule has 4 nitrogen and oxygen atoms in total. The Bertz CT molecular complexity index is 650. The normalized spacial score (nSPS) is 12.7. The van der Waals surface area contributed by atoms with E-state index in [4.69, 9.17) is 10.5 Å². The zero-order valence-electron chi connectivity index (χ0n) is 11.3. The Labute approximate surface area is 117 Å². The Morgan fingerprint density at radius 1 is 1.20 bits per heavy atom. The molecule has 0 saturated carbocycles. The summed E-state index contributed by atoms with van der Waals surface area (Å²) in [4.78, 5) is 14.1. The van der Waals surface area contributed by atoms with Gasteiger partial charge in [0.15, 0.2) is 0 Å². The summed E-state index contributed by atoms with van der Waals surface area (Å²) < 4.78 is 5.45. The van der Waals surface area contributed by atoms with E-state index < -0.39 is 0 Å². The molecule has 0 unspecified atom stereocenters. The fraction of sp³-hybridized carbons (Fsp3) is 0.188. The van der Waals surface area contributed by atoms with Crippen molar-refractivity contribution in [3.63, 3.8) is 0 Å². The lowest BCUT2D eigenvalue weighted by Crippen LogP contribution is -2.26. The fourth-order valence-corrected chi connectivity index (χ4v) is 2.33. The predicted molar refractivity (Wildman–Crippen MR) is 79.2 cm³/mol. The Morgan fingerprint density at radius 2 is 1.95 bits per heavy atom. The van der Waals surface area contributed by atoms with Crippen molar-refractivity contribution in [2.45, 2.75) is 6.42 Å². The number of benzene rings is 2. The van der Waals surface area contributed by atoms with Crippen LogP contribution in [-0.4, -0.2) is 19.6 Å². The van der Waals surface area contributed by atoms with Gasteiger partial charge in [-0.25, -0.2) is 0 Å². The zero-order chi connectivity index (χ0) is 14.1. The SMILES string of the molecule is CN(C(=O)c1ccc2c(c1)CCO2)c1ccc(N)cc1. The van der Waals surface area contributed by atoms with Gasteiger partial charge in [-0.05, 0) is 48.0 Å². The molecule has 3 rings (SSSR count). The molecule has 2 aromatic carbocycles. The van der Waals surface area contributed by atoms with Crippen molar-refractivity contribution in [1.29, 1.82) is 0 Å². The molecule has 1 amide bonds. The van der Waals surface area contributed by atoms with Gasteiger partial charge >= 0.3 is 0 Å². The minimum atomic E-state index is -0.0375. The number of amides is 1. The van der Waals surface area contributed by atoms with Crippen LogP contribution < -0.4 is 15.4 Å². The highest BCUT2D eigenvalue weighted by Gasteiger charge is 2.18. The molecule has 0 spiro atoms. The fourth-order valence-electron chi connectivity index (χ4n) is 2.33. The van der Waals surface area contributed by atoms with Gasteiger partial charge in [-0.15, -0.1) is 0 Å². The van der Waals surface area contributed by atoms with Crippen molar-refractivity contribution in [3.8, 4) is 5.75 Å². The van der Waals surface area contributed by atoms with Crippen molar-refractivity contribution < 1.29 is 9.53 Å². The first-order chi connectivity index (χ1) is 9.65. The van der Waals surface area contributed by atoms with Crippen LogP contribution in [0.15, 0.2) is 42.5 Å². The van der Waals surface area contributed by atoms with Gasteiger partial charge in [-0.1, -0.05) is 0 Å². The molecule has 102 valence electrons. The lowest BCUT2D eigenvalue weighted by molar-refractivity contribution is 0.0993. The topological polar surface area (TPSA) is 55.6 Å². The Kier molecular flexibility index (Phi) is 3.06. The second-order valence-electron chi connectivity index (χ2n) is 4.88. The molecule has 0 radical (unpaired) electrons. The number of nitrogen functional groups attached to an aromatic ring is 1. The van der Waals surface area contributed by atoms with Gasteiger partial charge in [0.2, 0.25) is 0 Å². The summed E-state index contributed by atoms with van der Waals surface area (Å²) in [6.07, 6.45) is 0.863. The maximum absolute atomic E-state index is 12.5. The van der Waals surface area contributed by atoms with E-state index in [0.717, 1.165) is 23.4 Å². The molecule has 0 fully saturated rings. The highest BCUT2D eigenvalue weighted by Crippen LogP contribution is 2.27. The summed E-state index contributed by atoms with van der Waals surface area (Å²) >= 11 is 0. The van der Waals surface area contributed by atoms with E-state index in [1.54, 1.807) is 30.1 Å². The van der Waals surface area contributed by atoms with Crippen LogP contribution >= 0.6 is 0 Å². The van der Waals surface area contributed by atoms with E-state index in [0.29, 0.717) is 17.9 Å². The minimum Gasteiger partial charge on any atom is -0.493 e. The number of anilines is 2. The Balaban J connectivity index is 1.86. The average molecular weight is 268 g/mol. The number of carbonyl (C=O) groups excluding carboxylic acids is 1. The number of fused-ring (bicyclic) bond motifs is 1. The summed E-state index contributed by atoms with van der Waals surface area (Å²) in [5, 5.41) is 0. The molecule has 2 N–H and O–H groups in total. The third-order valence-electron chi connectivity index (χ3n) is 3.52. The lowest BCUT2D eigenvalue weighted by atomic mass is 10.1. The van der Waals surface area contributed by atoms with Gasteiger partial charge in [0, 0.05) is 30.4 Å². The number of hydrogen-bond acceptors (Lipinski definition) is 3. The van der Waals surface area contributed by atoms with Gasteiger partial charge < -0.3 is 15.4 Å². The summed E-state index contributed by atoms with van der Waals surface area (Å²) in [5.41, 5.74) is 8.94. The smallest absolute Gasteiger partial charge is 0.258 e. The quantitative estimate of drug-likeness (QED) is 0.851. The third-order valence-corrected chi connectivity index (χ3v) is 3.52. The van der Waals surface area contributed by atoms with Gasteiger partial charge in [-0.3, -0.25) is 4.79 Å². The molecule has 0 bridgehead atoms. The first-order valence-electron chi connectivity index (χ1n) is 6.54. The molecule has 0 atom stereocenters. The second kappa shape index (κ2) is 4.89. The molecular weight excluding hydrogens is 252 g/mol. The van der Waals surface area contributed by atoms with Gasteiger partial charge in [-0.2, -0.15) is 0 Å². The molecule has 1 aliphatic heterocycles. The van der Waals surface area contributed by atoms with Crippen LogP contribution in [-0.2, 0) is 6.42 Å². The predicted octanol–water partition coefficient (Wildman–Crippen LogP) is 2.48. The van der Waals surface area contributed by atoms with Crippen LogP contribution in [0.4, 0.5) is 11.4 Å². The van der Waals surface area contributed by atoms with E-state index >= 15 is 0 Å². The van der Waals surface area contributed by atoms with Crippen molar-refractivity contribution in [3.05, 3.63) is 53.6 Å². The monoisotopic (exact) mass is 268 g/mol. The molecule has 1 heterocycles. The van der Waals surface area contributed by atoms with Crippen LogP contribution in [0.1, 0.15) is 15.9 Å². The second-order valence-corrected chi connectivity index (χ2v) is 4.88. The van der Waals surface area contributed by atoms with Crippen molar-refractivity contribution >= 4 is 17.3 Å². The van der Waals surface area contributed by atoms with E-state index in [1.807, 2.05) is 24.3 Å². The highest BCUT2D eigenvalue weighted by atomic mass is 16.5. The van der Waals surface area contributed by atoms with Crippen molar-refractivity contribution in [1.82, 2.24) is 0 Å². The highest BCUT2D eigenvalue weighted by molar-refractivity contribution is 6.06. The van der Waals surface area contributed by atoms with E-state index in [9.17, 15) is 4.79 Å². The molecule has 0 aliphatic carbocycles. The summed E-state index contributed by atoms with van der Waals surface area (Å²) in [7, 11) is 1.76. The van der Waals surface area contributed by atoms with Crippen LogP contribution in [0.3, 0.4) is 0 Å². The number of nitrogens with zero attached hydrogens (tertiary/aromatic N) is 1. The van der Waals surface area contributed by atoms with E-state index in [2.05, 4.69) is 0 Å². The maximum Gasteiger partial charge on any atom is 0.258 e. The summed E-state index contributed by atoms with van der Waals surface area (Å²) in [6, 6.07) is 12.8. The number of rotatable bonds is 2. The Morgan fingerprint density at radius 3 is 2.70 bits per heavy atom. The molecule has 2 aromatic rings. The Hall–Kier alpha value is -2.49. The maximum atomic E-state index is 12.5. The van der Waals surface area contributed by atoms with E-state index in [1.165, 1.54) is 0 Å². The first kappa shape index (κ1) is 12.5. The van der Waals surface area contributed by atoms with Crippen LogP contribution in [0, 0.1) is 0 Å². The van der Waals surface area contributed by atoms with Gasteiger partial charge in [0.1, 0.15) is 5.75 Å². The van der Waals surface area contributed by atoms with Crippen LogP contribution in [0.25, 0.3) is 0 Å². The van der Waals surface area contributed by atoms with Crippen LogP contribution in [0.5, 0.6) is 5.75 Å². The molecule has 4 heteroatoms. The number of hydrogen-bond donors (Lipinski definition) is 1. The number of carbonyl (C=O) groups is 1. The third kappa shape index (κ3) is 2.20. The van der Waals surface area contributed by atoms with Crippen LogP contribution in [0.2, 0.25) is 0 Å². The van der Waals surface area contributed by atoms with Gasteiger partial charge in [0.05, 0.1) is 6.61 Å². The molecule has 0 saturated heterocycles. The lowest BCUT2D eigenvalue weighted by Gasteiger charge is -2.18. The largest absolute Gasteiger partial charge is 0.493 e. The molecule has 1 aliphatic rings. The van der Waals surface area contributed by atoms with Crippen molar-refractivity contribution in [2.75, 3.05) is 24.3 Å². The summed E-state index contributed by atoms with van der Waals surface area (Å²) in [5.74, 6) is 0.848. The molecule has 0 aromatic heterocycles. The van der Waals surface area contributed by atoms with E-state index in [-0.39, 0.29) is 5.91 Å². The zero-order valence-corrected chi connectivity index (χ0v) is 11.3. The molecular formula is C16H16N2O2. The van der Waals surface area contributed by atoms with Crippen molar-refractivity contribution in [2.24, 2.45) is 0 Å². The summed E-state index contributed by atoms with van der Waals surface area (Å²) in [6.45, 7) is 0.695. The molecule has 20 heavy (non-hydrogen) atoms. The standard InChI is InChI=1S/C16H16N2O2/c1-18(14-5-3-13(17)4-6-14)16(19)12-2-7-15-11(10-12)8-9-20-15/h2-7,10H,8-9,17H2,1H3. The number of ether oxygens (including phenoxy) is 1.